The predicted molar refractivity (Wildman–Crippen MR) is 74.2 cm³/mol. The van der Waals surface area contributed by atoms with Gasteiger partial charge < -0.3 is 14.2 Å². The highest BCUT2D eigenvalue weighted by Crippen LogP contribution is 2.18. The lowest BCUT2D eigenvalue weighted by Crippen LogP contribution is -2.21. The molecular formula is C15H18O6. The van der Waals surface area contributed by atoms with E-state index in [1.54, 1.807) is 18.2 Å². The molecule has 0 bridgehead atoms. The smallest absolute Gasteiger partial charge is 0.337 e. The predicted octanol–water partition coefficient (Wildman–Crippen LogP) is 1.76. The van der Waals surface area contributed by atoms with Crippen molar-refractivity contribution in [3.63, 3.8) is 0 Å². The molecule has 0 atom stereocenters. The minimum Gasteiger partial charge on any atom is -0.464 e. The maximum absolute atomic E-state index is 11.6. The van der Waals surface area contributed by atoms with Crippen molar-refractivity contribution in [1.29, 1.82) is 0 Å². The summed E-state index contributed by atoms with van der Waals surface area (Å²) < 4.78 is 14.7. The van der Waals surface area contributed by atoms with Crippen molar-refractivity contribution < 1.29 is 28.6 Å². The fraction of sp³-hybridized carbons (Fsp3) is 0.400. The van der Waals surface area contributed by atoms with Gasteiger partial charge in [0, 0.05) is 0 Å². The highest BCUT2D eigenvalue weighted by Gasteiger charge is 2.12. The van der Waals surface area contributed by atoms with E-state index in [0.717, 1.165) is 6.42 Å². The van der Waals surface area contributed by atoms with E-state index in [1.807, 2.05) is 6.92 Å². The Morgan fingerprint density at radius 1 is 1.05 bits per heavy atom. The first-order valence-corrected chi connectivity index (χ1v) is 6.58. The van der Waals surface area contributed by atoms with Crippen LogP contribution in [-0.2, 0) is 19.1 Å². The zero-order valence-electron chi connectivity index (χ0n) is 12.1. The molecule has 6 nitrogen and oxygen atoms in total. The fourth-order valence-electron chi connectivity index (χ4n) is 1.47. The van der Waals surface area contributed by atoms with E-state index in [4.69, 9.17) is 14.2 Å². The number of Topliss-reactive ketones (excluding diaryl/α,β-unsaturated/α-hetero) is 1. The molecule has 0 saturated carbocycles. The molecule has 1 rings (SSSR count). The zero-order valence-corrected chi connectivity index (χ0v) is 12.1. The average molecular weight is 294 g/mol. The first-order valence-electron chi connectivity index (χ1n) is 6.58. The molecule has 0 radical (unpaired) electrons. The standard InChI is InChI=1S/C15H18O6/c1-3-8-20-14(17)9-19-10-15(18)21-13-7-5-4-6-12(13)11(2)16/h4-7H,3,8-10H2,1-2H3. The van der Waals surface area contributed by atoms with Crippen LogP contribution in [0.25, 0.3) is 0 Å². The van der Waals surface area contributed by atoms with Crippen LogP contribution in [0, 0.1) is 0 Å². The van der Waals surface area contributed by atoms with Gasteiger partial charge in [-0.25, -0.2) is 9.59 Å². The molecule has 0 N–H and O–H groups in total. The second kappa shape index (κ2) is 8.86. The molecule has 1 aromatic carbocycles. The topological polar surface area (TPSA) is 78.9 Å². The Morgan fingerprint density at radius 3 is 2.38 bits per heavy atom. The van der Waals surface area contributed by atoms with Gasteiger partial charge in [0.2, 0.25) is 0 Å². The summed E-state index contributed by atoms with van der Waals surface area (Å²) in [5, 5.41) is 0. The van der Waals surface area contributed by atoms with Crippen molar-refractivity contribution in [3.05, 3.63) is 29.8 Å². The second-order valence-electron chi connectivity index (χ2n) is 4.24. The summed E-state index contributed by atoms with van der Waals surface area (Å²) in [5.74, 6) is -1.25. The summed E-state index contributed by atoms with van der Waals surface area (Å²) in [7, 11) is 0. The van der Waals surface area contributed by atoms with E-state index in [1.165, 1.54) is 13.0 Å². The summed E-state index contributed by atoms with van der Waals surface area (Å²) in [4.78, 5) is 34.1. The number of ether oxygens (including phenoxy) is 3. The number of ketones is 1. The number of benzene rings is 1. The first kappa shape index (κ1) is 16.8. The largest absolute Gasteiger partial charge is 0.464 e. The molecule has 0 aromatic heterocycles. The van der Waals surface area contributed by atoms with Crippen LogP contribution in [0.1, 0.15) is 30.6 Å². The highest BCUT2D eigenvalue weighted by molar-refractivity contribution is 5.97. The van der Waals surface area contributed by atoms with Gasteiger partial charge in [-0.3, -0.25) is 4.79 Å². The van der Waals surface area contributed by atoms with Crippen molar-refractivity contribution in [2.75, 3.05) is 19.8 Å². The number of esters is 2. The van der Waals surface area contributed by atoms with E-state index < -0.39 is 18.5 Å². The van der Waals surface area contributed by atoms with Gasteiger partial charge in [-0.2, -0.15) is 0 Å². The van der Waals surface area contributed by atoms with Crippen LogP contribution in [0.2, 0.25) is 0 Å². The number of carbonyl (C=O) groups is 3. The van der Waals surface area contributed by atoms with Crippen molar-refractivity contribution in [3.8, 4) is 5.75 Å². The Balaban J connectivity index is 2.41. The van der Waals surface area contributed by atoms with Gasteiger partial charge in [0.05, 0.1) is 12.2 Å². The van der Waals surface area contributed by atoms with E-state index in [-0.39, 0.29) is 18.1 Å². The van der Waals surface area contributed by atoms with Crippen molar-refractivity contribution in [2.45, 2.75) is 20.3 Å². The molecule has 0 amide bonds. The van der Waals surface area contributed by atoms with Gasteiger partial charge in [0.25, 0.3) is 0 Å². The molecule has 0 spiro atoms. The number of carbonyl (C=O) groups excluding carboxylic acids is 3. The molecule has 21 heavy (non-hydrogen) atoms. The maximum atomic E-state index is 11.6. The average Bonchev–Trinajstić information content (AvgIpc) is 2.45. The molecule has 0 unspecified atom stereocenters. The lowest BCUT2D eigenvalue weighted by molar-refractivity contribution is -0.151. The molecule has 0 aliphatic heterocycles. The van der Waals surface area contributed by atoms with Crippen LogP contribution in [0.15, 0.2) is 24.3 Å². The molecule has 0 aliphatic rings. The Labute approximate surface area is 123 Å². The summed E-state index contributed by atoms with van der Waals surface area (Å²) in [6.45, 7) is 2.86. The van der Waals surface area contributed by atoms with Crippen molar-refractivity contribution in [2.24, 2.45) is 0 Å². The number of hydrogen-bond donors (Lipinski definition) is 0. The van der Waals surface area contributed by atoms with Crippen molar-refractivity contribution >= 4 is 17.7 Å². The van der Waals surface area contributed by atoms with Crippen LogP contribution in [-0.4, -0.2) is 37.5 Å². The van der Waals surface area contributed by atoms with Crippen molar-refractivity contribution in [1.82, 2.24) is 0 Å². The molecule has 1 aromatic rings. The molecule has 6 heteroatoms. The molecule has 0 aliphatic carbocycles. The Kier molecular flexibility index (Phi) is 7.11. The second-order valence-corrected chi connectivity index (χ2v) is 4.24. The third kappa shape index (κ3) is 6.18. The monoisotopic (exact) mass is 294 g/mol. The van der Waals surface area contributed by atoms with Crippen LogP contribution in [0.4, 0.5) is 0 Å². The van der Waals surface area contributed by atoms with E-state index in [9.17, 15) is 14.4 Å². The number of para-hydroxylation sites is 1. The zero-order chi connectivity index (χ0) is 15.7. The van der Waals surface area contributed by atoms with Gasteiger partial charge in [0.1, 0.15) is 19.0 Å². The molecule has 0 saturated heterocycles. The number of hydrogen-bond acceptors (Lipinski definition) is 6. The lowest BCUT2D eigenvalue weighted by atomic mass is 10.1. The maximum Gasteiger partial charge on any atom is 0.337 e. The SMILES string of the molecule is CCCOC(=O)COCC(=O)Oc1ccccc1C(C)=O. The van der Waals surface area contributed by atoms with Crippen LogP contribution >= 0.6 is 0 Å². The third-order valence-corrected chi connectivity index (χ3v) is 2.40. The minimum absolute atomic E-state index is 0.173. The Morgan fingerprint density at radius 2 is 1.71 bits per heavy atom. The quantitative estimate of drug-likeness (QED) is 0.413. The minimum atomic E-state index is -0.688. The van der Waals surface area contributed by atoms with Gasteiger partial charge >= 0.3 is 11.9 Å². The van der Waals surface area contributed by atoms with E-state index >= 15 is 0 Å². The van der Waals surface area contributed by atoms with Crippen LogP contribution in [0.3, 0.4) is 0 Å². The normalized spacial score (nSPS) is 10.0. The molecule has 114 valence electrons. The van der Waals surface area contributed by atoms with Gasteiger partial charge in [-0.1, -0.05) is 19.1 Å². The molecule has 0 fully saturated rings. The van der Waals surface area contributed by atoms with Gasteiger partial charge in [-0.05, 0) is 25.5 Å². The van der Waals surface area contributed by atoms with E-state index in [2.05, 4.69) is 0 Å². The van der Waals surface area contributed by atoms with Crippen LogP contribution < -0.4 is 4.74 Å². The summed E-state index contributed by atoms with van der Waals surface area (Å²) >= 11 is 0. The molecular weight excluding hydrogens is 276 g/mol. The lowest BCUT2D eigenvalue weighted by Gasteiger charge is -2.08. The van der Waals surface area contributed by atoms with Crippen LogP contribution in [0.5, 0.6) is 5.75 Å². The Bertz CT molecular complexity index is 509. The van der Waals surface area contributed by atoms with Gasteiger partial charge in [-0.15, -0.1) is 0 Å². The fourth-order valence-corrected chi connectivity index (χ4v) is 1.47. The summed E-state index contributed by atoms with van der Waals surface area (Å²) in [6.07, 6.45) is 0.718. The molecule has 0 heterocycles. The summed E-state index contributed by atoms with van der Waals surface area (Å²) in [6, 6.07) is 6.41. The Hall–Kier alpha value is -2.21. The van der Waals surface area contributed by atoms with Gasteiger partial charge in [0.15, 0.2) is 5.78 Å². The first-order chi connectivity index (χ1) is 10.0. The third-order valence-electron chi connectivity index (χ3n) is 2.40. The highest BCUT2D eigenvalue weighted by atomic mass is 16.6. The summed E-state index contributed by atoms with van der Waals surface area (Å²) in [5.41, 5.74) is 0.313. The number of rotatable bonds is 8. The van der Waals surface area contributed by atoms with E-state index in [0.29, 0.717) is 12.2 Å².